The van der Waals surface area contributed by atoms with Crippen molar-refractivity contribution in [2.75, 3.05) is 31.6 Å². The Labute approximate surface area is 169 Å². The van der Waals surface area contributed by atoms with Crippen molar-refractivity contribution in [3.63, 3.8) is 0 Å². The van der Waals surface area contributed by atoms with Crippen LogP contribution >= 0.6 is 0 Å². The molecular weight excluding hydrogens is 374 g/mol. The second kappa shape index (κ2) is 8.71. The number of fused-ring (bicyclic) bond motifs is 1. The Kier molecular flexibility index (Phi) is 6.29. The van der Waals surface area contributed by atoms with Crippen LogP contribution < -0.4 is 10.6 Å². The highest BCUT2D eigenvalue weighted by molar-refractivity contribution is 5.87. The van der Waals surface area contributed by atoms with E-state index in [4.69, 9.17) is 10.8 Å². The van der Waals surface area contributed by atoms with E-state index < -0.39 is 17.6 Å². The lowest BCUT2D eigenvalue weighted by molar-refractivity contribution is -0.139. The van der Waals surface area contributed by atoms with Crippen LogP contribution in [0.5, 0.6) is 0 Å². The van der Waals surface area contributed by atoms with Crippen LogP contribution in [0.1, 0.15) is 25.7 Å². The second-order valence-electron chi connectivity index (χ2n) is 7.65. The van der Waals surface area contributed by atoms with Crippen molar-refractivity contribution in [3.8, 4) is 0 Å². The molecule has 1 amide bonds. The van der Waals surface area contributed by atoms with Gasteiger partial charge in [0, 0.05) is 45.5 Å². The smallest absolute Gasteiger partial charge is 0.320 e. The number of hydrogen-bond donors (Lipinski definition) is 3. The number of anilines is 1. The zero-order valence-electron chi connectivity index (χ0n) is 16.5. The van der Waals surface area contributed by atoms with Crippen LogP contribution in [-0.4, -0.2) is 75.3 Å². The molecule has 0 bridgehead atoms. The van der Waals surface area contributed by atoms with Gasteiger partial charge in [0.05, 0.1) is 16.8 Å². The molecule has 0 aromatic carbocycles. The number of carboxylic acids is 1. The predicted octanol–water partition coefficient (Wildman–Crippen LogP) is 0.612. The fourth-order valence-corrected chi connectivity index (χ4v) is 3.67. The average Bonchev–Trinajstić information content (AvgIpc) is 2.71. The van der Waals surface area contributed by atoms with E-state index in [1.165, 1.54) is 4.90 Å². The number of aromatic nitrogens is 2. The third-order valence-electron chi connectivity index (χ3n) is 5.45. The molecule has 1 atom stereocenters. The van der Waals surface area contributed by atoms with E-state index in [-0.39, 0.29) is 25.3 Å². The topological polar surface area (TPSA) is 133 Å². The molecule has 29 heavy (non-hydrogen) atoms. The van der Waals surface area contributed by atoms with Gasteiger partial charge in [0.15, 0.2) is 0 Å². The Balaban J connectivity index is 1.57. The maximum atomic E-state index is 12.3. The number of carboxylic acid groups (broad SMARTS) is 1. The van der Waals surface area contributed by atoms with Gasteiger partial charge in [-0.25, -0.2) is 0 Å². The van der Waals surface area contributed by atoms with Gasteiger partial charge in [-0.2, -0.15) is 0 Å². The molecule has 156 valence electrons. The standard InChI is InChI=1S/C20H27N5O4/c1-24(17(26)5-4-14(21)19(27)28)13-20(29)7-11-25(12-8-20)16-6-10-22-15-3-2-9-23-18(15)16/h2-3,6,9-10,14,29H,4-5,7-8,11-13,21H2,1H3,(H,27,28)/t14-/m0/s1. The number of piperidine rings is 1. The fraction of sp³-hybridized carbons (Fsp3) is 0.500. The number of carbonyl (C=O) groups is 2. The van der Waals surface area contributed by atoms with E-state index in [2.05, 4.69) is 14.9 Å². The summed E-state index contributed by atoms with van der Waals surface area (Å²) in [6.07, 6.45) is 4.64. The monoisotopic (exact) mass is 401 g/mol. The number of aliphatic hydroxyl groups is 1. The summed E-state index contributed by atoms with van der Waals surface area (Å²) in [5, 5.41) is 19.8. The SMILES string of the molecule is CN(CC1(O)CCN(c2ccnc3cccnc23)CC1)C(=O)CC[C@H](N)C(=O)O. The molecule has 2 aromatic rings. The van der Waals surface area contributed by atoms with Crippen LogP contribution in [0.4, 0.5) is 5.69 Å². The lowest BCUT2D eigenvalue weighted by atomic mass is 9.90. The minimum absolute atomic E-state index is 0.0425. The summed E-state index contributed by atoms with van der Waals surface area (Å²) in [4.78, 5) is 35.5. The number of carbonyl (C=O) groups excluding carboxylic acids is 1. The van der Waals surface area contributed by atoms with Gasteiger partial charge in [0.25, 0.3) is 0 Å². The van der Waals surface area contributed by atoms with Crippen molar-refractivity contribution in [1.29, 1.82) is 0 Å². The van der Waals surface area contributed by atoms with Crippen LogP contribution in [0.15, 0.2) is 30.6 Å². The summed E-state index contributed by atoms with van der Waals surface area (Å²) in [5.74, 6) is -1.34. The molecule has 0 unspecified atom stereocenters. The summed E-state index contributed by atoms with van der Waals surface area (Å²) in [7, 11) is 1.62. The van der Waals surface area contributed by atoms with Gasteiger partial charge >= 0.3 is 5.97 Å². The second-order valence-corrected chi connectivity index (χ2v) is 7.65. The fourth-order valence-electron chi connectivity index (χ4n) is 3.67. The number of nitrogens with zero attached hydrogens (tertiary/aromatic N) is 4. The number of pyridine rings is 2. The molecule has 1 aliphatic rings. The molecule has 1 fully saturated rings. The first-order valence-corrected chi connectivity index (χ1v) is 9.68. The van der Waals surface area contributed by atoms with Gasteiger partial charge in [-0.1, -0.05) is 0 Å². The predicted molar refractivity (Wildman–Crippen MR) is 108 cm³/mol. The number of aliphatic carboxylic acids is 1. The first-order chi connectivity index (χ1) is 13.8. The largest absolute Gasteiger partial charge is 0.480 e. The molecule has 0 spiro atoms. The molecule has 1 saturated heterocycles. The quantitative estimate of drug-likeness (QED) is 0.615. The van der Waals surface area contributed by atoms with Crippen LogP contribution in [0.2, 0.25) is 0 Å². The summed E-state index contributed by atoms with van der Waals surface area (Å²) in [5.41, 5.74) is 7.13. The van der Waals surface area contributed by atoms with Gasteiger partial charge in [-0.05, 0) is 37.5 Å². The van der Waals surface area contributed by atoms with Gasteiger partial charge in [-0.3, -0.25) is 19.6 Å². The summed E-state index contributed by atoms with van der Waals surface area (Å²) in [6.45, 7) is 1.48. The lowest BCUT2D eigenvalue weighted by Crippen LogP contribution is -2.51. The van der Waals surface area contributed by atoms with E-state index in [0.29, 0.717) is 25.9 Å². The Morgan fingerprint density at radius 3 is 2.69 bits per heavy atom. The highest BCUT2D eigenvalue weighted by Gasteiger charge is 2.35. The first kappa shape index (κ1) is 20.9. The summed E-state index contributed by atoms with van der Waals surface area (Å²) in [6, 6.07) is 4.65. The number of rotatable bonds is 7. The molecular formula is C20H27N5O4. The van der Waals surface area contributed by atoms with E-state index in [9.17, 15) is 14.7 Å². The Morgan fingerprint density at radius 2 is 2.00 bits per heavy atom. The van der Waals surface area contributed by atoms with Gasteiger partial charge in [0.1, 0.15) is 11.6 Å². The highest BCUT2D eigenvalue weighted by atomic mass is 16.4. The summed E-state index contributed by atoms with van der Waals surface area (Å²) >= 11 is 0. The first-order valence-electron chi connectivity index (χ1n) is 9.68. The minimum atomic E-state index is -1.12. The molecule has 3 rings (SSSR count). The van der Waals surface area contributed by atoms with Gasteiger partial charge < -0.3 is 25.7 Å². The molecule has 4 N–H and O–H groups in total. The third-order valence-corrected chi connectivity index (χ3v) is 5.45. The van der Waals surface area contributed by atoms with Crippen molar-refractivity contribution in [3.05, 3.63) is 30.6 Å². The van der Waals surface area contributed by atoms with Gasteiger partial charge in [0.2, 0.25) is 5.91 Å². The number of nitrogens with two attached hydrogens (primary N) is 1. The van der Waals surface area contributed by atoms with Gasteiger partial charge in [-0.15, -0.1) is 0 Å². The molecule has 1 aliphatic heterocycles. The zero-order valence-corrected chi connectivity index (χ0v) is 16.5. The third kappa shape index (κ3) is 4.99. The van der Waals surface area contributed by atoms with Crippen LogP contribution in [0, 0.1) is 0 Å². The molecule has 0 radical (unpaired) electrons. The maximum Gasteiger partial charge on any atom is 0.320 e. The van der Waals surface area contributed by atoms with Crippen molar-refractivity contribution in [2.24, 2.45) is 5.73 Å². The molecule has 9 nitrogen and oxygen atoms in total. The van der Waals surface area contributed by atoms with Crippen molar-refractivity contribution in [1.82, 2.24) is 14.9 Å². The Morgan fingerprint density at radius 1 is 1.28 bits per heavy atom. The number of likely N-dealkylation sites (N-methyl/N-ethyl adjacent to an activating group) is 1. The molecule has 3 heterocycles. The van der Waals surface area contributed by atoms with Crippen LogP contribution in [0.3, 0.4) is 0 Å². The maximum absolute atomic E-state index is 12.3. The zero-order chi connectivity index (χ0) is 21.0. The average molecular weight is 401 g/mol. The Hall–Kier alpha value is -2.78. The van der Waals surface area contributed by atoms with E-state index in [0.717, 1.165) is 16.7 Å². The van der Waals surface area contributed by atoms with Crippen LogP contribution in [-0.2, 0) is 9.59 Å². The lowest BCUT2D eigenvalue weighted by Gasteiger charge is -2.41. The normalized spacial score (nSPS) is 17.1. The van der Waals surface area contributed by atoms with Crippen molar-refractivity contribution >= 4 is 28.6 Å². The molecule has 9 heteroatoms. The van der Waals surface area contributed by atoms with E-state index in [1.54, 1.807) is 19.4 Å². The van der Waals surface area contributed by atoms with Crippen molar-refractivity contribution < 1.29 is 19.8 Å². The number of amides is 1. The molecule has 2 aromatic heterocycles. The van der Waals surface area contributed by atoms with E-state index in [1.807, 2.05) is 18.2 Å². The van der Waals surface area contributed by atoms with Crippen molar-refractivity contribution in [2.45, 2.75) is 37.3 Å². The minimum Gasteiger partial charge on any atom is -0.480 e. The summed E-state index contributed by atoms with van der Waals surface area (Å²) < 4.78 is 0. The highest BCUT2D eigenvalue weighted by Crippen LogP contribution is 2.30. The molecule has 0 saturated carbocycles. The van der Waals surface area contributed by atoms with Crippen LogP contribution in [0.25, 0.3) is 11.0 Å². The van der Waals surface area contributed by atoms with E-state index >= 15 is 0 Å². The number of hydrogen-bond acceptors (Lipinski definition) is 7. The molecule has 0 aliphatic carbocycles. The Bertz CT molecular complexity index is 877.